The molecule has 2 aliphatic rings. The largest absolute Gasteiger partial charge is 0.478 e. The van der Waals surface area contributed by atoms with Crippen LogP contribution in [0.15, 0.2) is 6.07 Å². The van der Waals surface area contributed by atoms with Crippen LogP contribution in [0.25, 0.3) is 0 Å². The molecule has 0 unspecified atom stereocenters. The third-order valence-electron chi connectivity index (χ3n) is 6.44. The fourth-order valence-corrected chi connectivity index (χ4v) is 3.71. The van der Waals surface area contributed by atoms with Crippen LogP contribution in [0.2, 0.25) is 0 Å². The Kier molecular flexibility index (Phi) is 2.91. The maximum Gasteiger partial charge on any atom is 0.227 e. The summed E-state index contributed by atoms with van der Waals surface area (Å²) in [4.78, 5) is 12.6. The highest BCUT2D eigenvalue weighted by Gasteiger charge is 2.77. The van der Waals surface area contributed by atoms with Crippen molar-refractivity contribution < 1.29 is 9.53 Å². The van der Waals surface area contributed by atoms with Crippen molar-refractivity contribution in [3.63, 3.8) is 0 Å². The lowest BCUT2D eigenvalue weighted by atomic mass is 9.96. The quantitative estimate of drug-likeness (QED) is 0.930. The van der Waals surface area contributed by atoms with Crippen molar-refractivity contribution in [2.75, 3.05) is 6.61 Å². The number of ether oxygens (including phenoxy) is 1. The molecule has 0 spiro atoms. The molecule has 0 saturated heterocycles. The molecule has 3 rings (SSSR count). The molecule has 0 radical (unpaired) electrons. The summed E-state index contributed by atoms with van der Waals surface area (Å²) in [7, 11) is 0. The van der Waals surface area contributed by atoms with Gasteiger partial charge in [0.25, 0.3) is 0 Å². The van der Waals surface area contributed by atoms with Gasteiger partial charge in [-0.25, -0.2) is 4.68 Å². The van der Waals surface area contributed by atoms with Gasteiger partial charge in [-0.2, -0.15) is 5.10 Å². The summed E-state index contributed by atoms with van der Waals surface area (Å²) in [5.74, 6) is 0.924. The van der Waals surface area contributed by atoms with Gasteiger partial charge < -0.3 is 10.1 Å². The van der Waals surface area contributed by atoms with Gasteiger partial charge >= 0.3 is 0 Å². The van der Waals surface area contributed by atoms with Crippen LogP contribution < -0.4 is 10.1 Å². The number of nitrogens with zero attached hydrogens (tertiary/aromatic N) is 2. The fraction of sp³-hybridized carbons (Fsp3) is 0.750. The zero-order valence-electron chi connectivity index (χ0n) is 13.6. The lowest BCUT2D eigenvalue weighted by Gasteiger charge is -2.15. The van der Waals surface area contributed by atoms with Crippen LogP contribution in [-0.2, 0) is 17.9 Å². The van der Waals surface area contributed by atoms with Crippen molar-refractivity contribution in [1.29, 1.82) is 0 Å². The Bertz CT molecular complexity index is 549. The first-order valence-corrected chi connectivity index (χ1v) is 7.69. The van der Waals surface area contributed by atoms with Gasteiger partial charge in [-0.1, -0.05) is 27.7 Å². The molecule has 1 saturated carbocycles. The average molecular weight is 291 g/mol. The Morgan fingerprint density at radius 3 is 2.57 bits per heavy atom. The van der Waals surface area contributed by atoms with E-state index in [0.29, 0.717) is 6.54 Å². The number of fused-ring (bicyclic) bond motifs is 1. The van der Waals surface area contributed by atoms with E-state index in [2.05, 4.69) is 45.0 Å². The molecule has 1 amide bonds. The summed E-state index contributed by atoms with van der Waals surface area (Å²) in [5.41, 5.74) is 0.567. The third-order valence-corrected chi connectivity index (χ3v) is 6.44. The van der Waals surface area contributed by atoms with E-state index in [1.807, 2.05) is 10.7 Å². The van der Waals surface area contributed by atoms with Crippen LogP contribution >= 0.6 is 0 Å². The molecule has 5 nitrogen and oxygen atoms in total. The molecule has 1 aliphatic carbocycles. The van der Waals surface area contributed by atoms with E-state index in [4.69, 9.17) is 4.74 Å². The predicted molar refractivity (Wildman–Crippen MR) is 79.9 cm³/mol. The van der Waals surface area contributed by atoms with Crippen molar-refractivity contribution in [2.45, 2.75) is 54.1 Å². The van der Waals surface area contributed by atoms with Crippen molar-refractivity contribution >= 4 is 5.91 Å². The van der Waals surface area contributed by atoms with Gasteiger partial charge in [0.1, 0.15) is 0 Å². The zero-order chi connectivity index (χ0) is 15.5. The molecule has 1 aromatic rings. The van der Waals surface area contributed by atoms with Gasteiger partial charge in [-0.15, -0.1) is 0 Å². The summed E-state index contributed by atoms with van der Waals surface area (Å²) >= 11 is 0. The van der Waals surface area contributed by atoms with E-state index in [1.54, 1.807) is 0 Å². The number of carbonyl (C=O) groups is 1. The van der Waals surface area contributed by atoms with Gasteiger partial charge in [0.05, 0.1) is 24.3 Å². The molecule has 1 fully saturated rings. The Morgan fingerprint density at radius 2 is 2.00 bits per heavy atom. The maximum absolute atomic E-state index is 12.6. The first kappa shape index (κ1) is 14.4. The van der Waals surface area contributed by atoms with E-state index in [1.165, 1.54) is 0 Å². The number of aryl methyl sites for hydroxylation is 1. The van der Waals surface area contributed by atoms with E-state index in [0.717, 1.165) is 31.1 Å². The highest BCUT2D eigenvalue weighted by atomic mass is 16.5. The molecule has 0 atom stereocenters. The summed E-state index contributed by atoms with van der Waals surface area (Å²) in [6, 6.07) is 1.92. The van der Waals surface area contributed by atoms with Crippen molar-refractivity contribution in [3.8, 4) is 5.88 Å². The minimum atomic E-state index is -0.324. The number of nitrogens with one attached hydrogen (secondary N) is 1. The van der Waals surface area contributed by atoms with Gasteiger partial charge in [-0.3, -0.25) is 4.79 Å². The van der Waals surface area contributed by atoms with Gasteiger partial charge in [-0.05, 0) is 17.8 Å². The summed E-state index contributed by atoms with van der Waals surface area (Å²) in [6.45, 7) is 12.8. The van der Waals surface area contributed by atoms with E-state index in [9.17, 15) is 4.79 Å². The Morgan fingerprint density at radius 1 is 1.33 bits per heavy atom. The lowest BCUT2D eigenvalue weighted by Crippen LogP contribution is -2.34. The SMILES string of the molecule is CC1(C)C(C)(C)C1(C)C(=O)NCc1cc2n(n1)CCCO2. The third kappa shape index (κ3) is 1.75. The minimum absolute atomic E-state index is 0.0145. The normalized spacial score (nSPS) is 23.9. The first-order valence-electron chi connectivity index (χ1n) is 7.69. The number of hydrogen-bond acceptors (Lipinski definition) is 3. The minimum Gasteiger partial charge on any atom is -0.478 e. The lowest BCUT2D eigenvalue weighted by molar-refractivity contribution is -0.127. The molecule has 116 valence electrons. The Labute approximate surface area is 126 Å². The van der Waals surface area contributed by atoms with Crippen LogP contribution in [-0.4, -0.2) is 22.3 Å². The molecule has 0 bridgehead atoms. The molecule has 1 N–H and O–H groups in total. The fourth-order valence-electron chi connectivity index (χ4n) is 3.71. The van der Waals surface area contributed by atoms with Gasteiger partial charge in [0, 0.05) is 19.0 Å². The molecule has 1 aromatic heterocycles. The number of amides is 1. The second-order valence-electron chi connectivity index (χ2n) is 7.46. The summed E-state index contributed by atoms with van der Waals surface area (Å²) in [5, 5.41) is 7.53. The predicted octanol–water partition coefficient (Wildman–Crippen LogP) is 2.35. The summed E-state index contributed by atoms with van der Waals surface area (Å²) in [6.07, 6.45) is 0.987. The van der Waals surface area contributed by atoms with E-state index in [-0.39, 0.29) is 22.2 Å². The monoisotopic (exact) mass is 291 g/mol. The standard InChI is InChI=1S/C16H25N3O2/c1-14(2)15(3,4)16(14,5)13(20)17-10-11-9-12-19(18-11)7-6-8-21-12/h9H,6-8,10H2,1-5H3,(H,17,20). The molecule has 2 heterocycles. The molecule has 5 heteroatoms. The smallest absolute Gasteiger partial charge is 0.227 e. The van der Waals surface area contributed by atoms with Crippen LogP contribution in [0.4, 0.5) is 0 Å². The highest BCUT2D eigenvalue weighted by Crippen LogP contribution is 2.77. The highest BCUT2D eigenvalue weighted by molar-refractivity contribution is 5.88. The summed E-state index contributed by atoms with van der Waals surface area (Å²) < 4.78 is 7.42. The molecular formula is C16H25N3O2. The van der Waals surface area contributed by atoms with Gasteiger partial charge in [0.2, 0.25) is 11.8 Å². The number of aromatic nitrogens is 2. The van der Waals surface area contributed by atoms with Crippen LogP contribution in [0.5, 0.6) is 5.88 Å². The Balaban J connectivity index is 1.66. The topological polar surface area (TPSA) is 56.2 Å². The number of rotatable bonds is 3. The van der Waals surface area contributed by atoms with Crippen LogP contribution in [0, 0.1) is 16.2 Å². The van der Waals surface area contributed by atoms with Crippen molar-refractivity contribution in [2.24, 2.45) is 16.2 Å². The van der Waals surface area contributed by atoms with Crippen molar-refractivity contribution in [1.82, 2.24) is 15.1 Å². The number of carbonyl (C=O) groups excluding carboxylic acids is 1. The van der Waals surface area contributed by atoms with E-state index >= 15 is 0 Å². The van der Waals surface area contributed by atoms with Crippen LogP contribution in [0.3, 0.4) is 0 Å². The van der Waals surface area contributed by atoms with Crippen LogP contribution in [0.1, 0.15) is 46.7 Å². The number of hydrogen-bond donors (Lipinski definition) is 1. The van der Waals surface area contributed by atoms with Crippen molar-refractivity contribution in [3.05, 3.63) is 11.8 Å². The average Bonchev–Trinajstić information content (AvgIpc) is 2.76. The second kappa shape index (κ2) is 4.24. The first-order chi connectivity index (χ1) is 9.72. The molecule has 1 aliphatic heterocycles. The van der Waals surface area contributed by atoms with Gasteiger partial charge in [0.15, 0.2) is 0 Å². The molecule has 0 aromatic carbocycles. The Hall–Kier alpha value is -1.52. The molecule has 21 heavy (non-hydrogen) atoms. The maximum atomic E-state index is 12.6. The molecular weight excluding hydrogens is 266 g/mol. The zero-order valence-corrected chi connectivity index (χ0v) is 13.6. The second-order valence-corrected chi connectivity index (χ2v) is 7.46. The van der Waals surface area contributed by atoms with E-state index < -0.39 is 0 Å².